The highest BCUT2D eigenvalue weighted by Crippen LogP contribution is 2.33. The van der Waals surface area contributed by atoms with Crippen LogP contribution in [-0.4, -0.2) is 68.1 Å². The highest BCUT2D eigenvalue weighted by atomic mass is 16.5. The molecule has 104 valence electrons. The number of carbonyl (C=O) groups excluding carboxylic acids is 2. The summed E-state index contributed by atoms with van der Waals surface area (Å²) in [6.45, 7) is 1.41. The van der Waals surface area contributed by atoms with E-state index in [2.05, 4.69) is 0 Å². The monoisotopic (exact) mass is 257 g/mol. The Morgan fingerprint density at radius 3 is 2.61 bits per heavy atom. The van der Waals surface area contributed by atoms with E-state index in [0.29, 0.717) is 13.0 Å². The summed E-state index contributed by atoms with van der Waals surface area (Å²) in [6.07, 6.45) is 2.17. The normalized spacial score (nSPS) is 24.2. The topological polar surface area (TPSA) is 75.9 Å². The number of hydrogen-bond donors (Lipinski definition) is 1. The Bertz CT molecular complexity index is 320. The van der Waals surface area contributed by atoms with Crippen LogP contribution >= 0.6 is 0 Å². The standard InChI is InChI=1S/C12H23N3O3/c1-14(2)11(17)7-12(9-18-3)5-4-6-15(12)8-10(13)16/h4-9H2,1-3H3,(H2,13,16)/t12-/m1/s1. The van der Waals surface area contributed by atoms with Crippen LogP contribution in [0.3, 0.4) is 0 Å². The van der Waals surface area contributed by atoms with E-state index in [1.54, 1.807) is 26.1 Å². The second-order valence-electron chi connectivity index (χ2n) is 5.11. The van der Waals surface area contributed by atoms with Gasteiger partial charge in [-0.3, -0.25) is 14.5 Å². The third kappa shape index (κ3) is 3.43. The number of rotatable bonds is 6. The predicted molar refractivity (Wildman–Crippen MR) is 67.9 cm³/mol. The Morgan fingerprint density at radius 2 is 2.11 bits per heavy atom. The third-order valence-electron chi connectivity index (χ3n) is 3.48. The van der Waals surface area contributed by atoms with E-state index in [4.69, 9.17) is 10.5 Å². The van der Waals surface area contributed by atoms with Gasteiger partial charge in [0.2, 0.25) is 11.8 Å². The number of likely N-dealkylation sites (tertiary alicyclic amines) is 1. The Kier molecular flexibility index (Phi) is 5.10. The van der Waals surface area contributed by atoms with Gasteiger partial charge in [0.15, 0.2) is 0 Å². The molecule has 0 unspecified atom stereocenters. The molecule has 6 heteroatoms. The molecule has 0 radical (unpaired) electrons. The fourth-order valence-corrected chi connectivity index (χ4v) is 2.55. The molecule has 1 fully saturated rings. The fourth-order valence-electron chi connectivity index (χ4n) is 2.55. The Hall–Kier alpha value is -1.14. The van der Waals surface area contributed by atoms with E-state index in [9.17, 15) is 9.59 Å². The van der Waals surface area contributed by atoms with Crippen molar-refractivity contribution >= 4 is 11.8 Å². The zero-order chi connectivity index (χ0) is 13.8. The van der Waals surface area contributed by atoms with Crippen LogP contribution in [0.5, 0.6) is 0 Å². The average Bonchev–Trinajstić information content (AvgIpc) is 2.61. The second kappa shape index (κ2) is 6.15. The largest absolute Gasteiger partial charge is 0.383 e. The molecule has 0 aromatic heterocycles. The maximum absolute atomic E-state index is 11.9. The molecule has 0 aliphatic carbocycles. The number of primary amides is 1. The first-order valence-corrected chi connectivity index (χ1v) is 6.14. The zero-order valence-electron chi connectivity index (χ0n) is 11.4. The molecule has 0 aromatic carbocycles. The lowest BCUT2D eigenvalue weighted by molar-refractivity contribution is -0.134. The van der Waals surface area contributed by atoms with E-state index in [-0.39, 0.29) is 23.9 Å². The van der Waals surface area contributed by atoms with Crippen LogP contribution in [0.4, 0.5) is 0 Å². The van der Waals surface area contributed by atoms with Crippen molar-refractivity contribution in [2.45, 2.75) is 24.8 Å². The lowest BCUT2D eigenvalue weighted by Crippen LogP contribution is -2.52. The van der Waals surface area contributed by atoms with Crippen LogP contribution in [0, 0.1) is 0 Å². The molecule has 1 rings (SSSR count). The molecule has 0 spiro atoms. The fraction of sp³-hybridized carbons (Fsp3) is 0.833. The van der Waals surface area contributed by atoms with Crippen molar-refractivity contribution in [2.24, 2.45) is 5.73 Å². The SMILES string of the molecule is COC[C@]1(CC(=O)N(C)C)CCCN1CC(N)=O. The summed E-state index contributed by atoms with van der Waals surface area (Å²) in [7, 11) is 5.08. The molecular formula is C12H23N3O3. The molecule has 18 heavy (non-hydrogen) atoms. The molecule has 6 nitrogen and oxygen atoms in total. The van der Waals surface area contributed by atoms with Crippen molar-refractivity contribution in [3.63, 3.8) is 0 Å². The molecule has 1 saturated heterocycles. The van der Waals surface area contributed by atoms with Gasteiger partial charge in [0, 0.05) is 27.6 Å². The van der Waals surface area contributed by atoms with Gasteiger partial charge in [0.1, 0.15) is 0 Å². The molecule has 1 aliphatic heterocycles. The lowest BCUT2D eigenvalue weighted by Gasteiger charge is -2.37. The van der Waals surface area contributed by atoms with Gasteiger partial charge in [0.25, 0.3) is 0 Å². The number of methoxy groups -OCH3 is 1. The lowest BCUT2D eigenvalue weighted by atomic mass is 9.92. The minimum atomic E-state index is -0.384. The summed E-state index contributed by atoms with van der Waals surface area (Å²) in [5.74, 6) is -0.321. The van der Waals surface area contributed by atoms with Gasteiger partial charge < -0.3 is 15.4 Å². The van der Waals surface area contributed by atoms with Crippen LogP contribution in [0.25, 0.3) is 0 Å². The summed E-state index contributed by atoms with van der Waals surface area (Å²) < 4.78 is 5.26. The summed E-state index contributed by atoms with van der Waals surface area (Å²) in [5.41, 5.74) is 4.88. The van der Waals surface area contributed by atoms with Crippen LogP contribution in [0.15, 0.2) is 0 Å². The van der Waals surface area contributed by atoms with Crippen LogP contribution in [0.2, 0.25) is 0 Å². The number of nitrogens with two attached hydrogens (primary N) is 1. The number of hydrogen-bond acceptors (Lipinski definition) is 4. The maximum atomic E-state index is 11.9. The van der Waals surface area contributed by atoms with Gasteiger partial charge >= 0.3 is 0 Å². The third-order valence-corrected chi connectivity index (χ3v) is 3.48. The molecule has 0 aromatic rings. The highest BCUT2D eigenvalue weighted by molar-refractivity contribution is 5.78. The zero-order valence-corrected chi connectivity index (χ0v) is 11.4. The summed E-state index contributed by atoms with van der Waals surface area (Å²) in [6, 6.07) is 0. The average molecular weight is 257 g/mol. The molecule has 1 heterocycles. The van der Waals surface area contributed by atoms with Crippen LogP contribution in [0.1, 0.15) is 19.3 Å². The number of carbonyl (C=O) groups is 2. The molecule has 2 amide bonds. The Morgan fingerprint density at radius 1 is 1.44 bits per heavy atom. The number of nitrogens with zero attached hydrogens (tertiary/aromatic N) is 2. The van der Waals surface area contributed by atoms with Crippen LogP contribution in [-0.2, 0) is 14.3 Å². The van der Waals surface area contributed by atoms with Crippen molar-refractivity contribution in [1.82, 2.24) is 9.80 Å². The van der Waals surface area contributed by atoms with Crippen molar-refractivity contribution < 1.29 is 14.3 Å². The second-order valence-corrected chi connectivity index (χ2v) is 5.11. The van der Waals surface area contributed by atoms with Gasteiger partial charge in [-0.2, -0.15) is 0 Å². The predicted octanol–water partition coefficient (Wildman–Crippen LogP) is -0.569. The first kappa shape index (κ1) is 14.9. The van der Waals surface area contributed by atoms with Crippen molar-refractivity contribution in [3.05, 3.63) is 0 Å². The Balaban J connectivity index is 2.83. The van der Waals surface area contributed by atoms with Gasteiger partial charge in [-0.25, -0.2) is 0 Å². The molecule has 1 aliphatic rings. The minimum Gasteiger partial charge on any atom is -0.383 e. The van der Waals surface area contributed by atoms with Crippen molar-refractivity contribution in [2.75, 3.05) is 40.9 Å². The first-order valence-electron chi connectivity index (χ1n) is 6.14. The van der Waals surface area contributed by atoms with E-state index in [0.717, 1.165) is 19.4 Å². The van der Waals surface area contributed by atoms with E-state index < -0.39 is 0 Å². The van der Waals surface area contributed by atoms with Crippen LogP contribution < -0.4 is 5.73 Å². The molecule has 2 N–H and O–H groups in total. The Labute approximate surface area is 108 Å². The highest BCUT2D eigenvalue weighted by Gasteiger charge is 2.43. The van der Waals surface area contributed by atoms with Crippen molar-refractivity contribution in [3.8, 4) is 0 Å². The van der Waals surface area contributed by atoms with Gasteiger partial charge in [-0.1, -0.05) is 0 Å². The van der Waals surface area contributed by atoms with E-state index >= 15 is 0 Å². The minimum absolute atomic E-state index is 0.0448. The van der Waals surface area contributed by atoms with Gasteiger partial charge in [-0.05, 0) is 19.4 Å². The smallest absolute Gasteiger partial charge is 0.231 e. The molecule has 0 bridgehead atoms. The summed E-state index contributed by atoms with van der Waals surface area (Å²) in [5, 5.41) is 0. The summed E-state index contributed by atoms with van der Waals surface area (Å²) >= 11 is 0. The number of ether oxygens (including phenoxy) is 1. The van der Waals surface area contributed by atoms with Gasteiger partial charge in [0.05, 0.1) is 18.7 Å². The molecule has 0 saturated carbocycles. The first-order chi connectivity index (χ1) is 8.41. The molecule has 1 atom stereocenters. The van der Waals surface area contributed by atoms with Gasteiger partial charge in [-0.15, -0.1) is 0 Å². The maximum Gasteiger partial charge on any atom is 0.231 e. The van der Waals surface area contributed by atoms with E-state index in [1.807, 2.05) is 4.90 Å². The van der Waals surface area contributed by atoms with E-state index in [1.165, 1.54) is 0 Å². The van der Waals surface area contributed by atoms with Crippen molar-refractivity contribution in [1.29, 1.82) is 0 Å². The number of amides is 2. The quantitative estimate of drug-likeness (QED) is 0.691. The summed E-state index contributed by atoms with van der Waals surface area (Å²) in [4.78, 5) is 26.6. The molecular weight excluding hydrogens is 234 g/mol.